The van der Waals surface area contributed by atoms with Gasteiger partial charge in [0.25, 0.3) is 0 Å². The van der Waals surface area contributed by atoms with Crippen molar-refractivity contribution < 1.29 is 17.6 Å². The third-order valence-corrected chi connectivity index (χ3v) is 1.82. The van der Waals surface area contributed by atoms with Gasteiger partial charge in [-0.05, 0) is 11.6 Å². The van der Waals surface area contributed by atoms with Crippen LogP contribution in [0, 0.1) is 5.82 Å². The lowest BCUT2D eigenvalue weighted by Gasteiger charge is -2.11. The summed E-state index contributed by atoms with van der Waals surface area (Å²) in [4.78, 5) is 0. The second kappa shape index (κ2) is 3.54. The molecule has 0 spiro atoms. The number of hydrogen-bond donors (Lipinski definition) is 0. The summed E-state index contributed by atoms with van der Waals surface area (Å²) in [6.45, 7) is 0. The van der Waals surface area contributed by atoms with Crippen LogP contribution < -0.4 is 0 Å². The van der Waals surface area contributed by atoms with Crippen molar-refractivity contribution in [2.24, 2.45) is 0 Å². The molecule has 0 nitrogen and oxygen atoms in total. The first kappa shape index (κ1) is 10.3. The first-order valence-electron chi connectivity index (χ1n) is 3.37. The predicted octanol–water partition coefficient (Wildman–Crippen LogP) is 3.58. The zero-order valence-corrected chi connectivity index (χ0v) is 7.08. The van der Waals surface area contributed by atoms with Crippen LogP contribution in [0.25, 0.3) is 0 Å². The Kier molecular flexibility index (Phi) is 2.81. The van der Waals surface area contributed by atoms with Gasteiger partial charge < -0.3 is 0 Å². The average Bonchev–Trinajstić information content (AvgIpc) is 2.01. The standard InChI is InChI=1S/C8H5ClF4/c9-4-5-2-1-3-6(10)7(5)8(11,12)13/h1-3H,4H2. The summed E-state index contributed by atoms with van der Waals surface area (Å²) in [5.41, 5.74) is -1.51. The van der Waals surface area contributed by atoms with E-state index in [4.69, 9.17) is 11.6 Å². The minimum absolute atomic E-state index is 0.242. The fourth-order valence-corrected chi connectivity index (χ4v) is 1.22. The van der Waals surface area contributed by atoms with Gasteiger partial charge in [-0.1, -0.05) is 12.1 Å². The first-order valence-corrected chi connectivity index (χ1v) is 3.91. The average molecular weight is 213 g/mol. The molecule has 0 aliphatic rings. The fraction of sp³-hybridized carbons (Fsp3) is 0.250. The van der Waals surface area contributed by atoms with Crippen molar-refractivity contribution in [3.63, 3.8) is 0 Å². The molecule has 0 heterocycles. The lowest BCUT2D eigenvalue weighted by molar-refractivity contribution is -0.140. The maximum atomic E-state index is 12.8. The number of hydrogen-bond acceptors (Lipinski definition) is 0. The number of benzene rings is 1. The highest BCUT2D eigenvalue weighted by Gasteiger charge is 2.36. The predicted molar refractivity (Wildman–Crippen MR) is 41.0 cm³/mol. The van der Waals surface area contributed by atoms with Crippen molar-refractivity contribution >= 4 is 11.6 Å². The molecule has 0 atom stereocenters. The van der Waals surface area contributed by atoms with Crippen LogP contribution in [-0.2, 0) is 12.1 Å². The van der Waals surface area contributed by atoms with E-state index < -0.39 is 17.6 Å². The highest BCUT2D eigenvalue weighted by atomic mass is 35.5. The van der Waals surface area contributed by atoms with Crippen LogP contribution in [-0.4, -0.2) is 0 Å². The molecule has 1 rings (SSSR count). The Labute approximate surface area is 77.1 Å². The molecule has 0 unspecified atom stereocenters. The van der Waals surface area contributed by atoms with E-state index in [9.17, 15) is 17.6 Å². The van der Waals surface area contributed by atoms with Gasteiger partial charge in [-0.2, -0.15) is 13.2 Å². The largest absolute Gasteiger partial charge is 0.419 e. The zero-order chi connectivity index (χ0) is 10.1. The summed E-state index contributed by atoms with van der Waals surface area (Å²) in [5.74, 6) is -1.64. The van der Waals surface area contributed by atoms with Crippen molar-refractivity contribution in [2.45, 2.75) is 12.1 Å². The quantitative estimate of drug-likeness (QED) is 0.493. The summed E-state index contributed by atoms with van der Waals surface area (Å²) < 4.78 is 49.3. The summed E-state index contributed by atoms with van der Waals surface area (Å²) in [6.07, 6.45) is -4.68. The normalized spacial score (nSPS) is 11.8. The van der Waals surface area contributed by atoms with Crippen LogP contribution in [0.5, 0.6) is 0 Å². The molecule has 0 fully saturated rings. The Morgan fingerprint density at radius 3 is 2.23 bits per heavy atom. The van der Waals surface area contributed by atoms with Gasteiger partial charge in [-0.25, -0.2) is 4.39 Å². The topological polar surface area (TPSA) is 0 Å². The molecule has 0 aromatic heterocycles. The highest BCUT2D eigenvalue weighted by molar-refractivity contribution is 6.17. The Morgan fingerprint density at radius 1 is 1.23 bits per heavy atom. The molecule has 1 aromatic rings. The van der Waals surface area contributed by atoms with E-state index in [2.05, 4.69) is 0 Å². The molecular formula is C8H5ClF4. The van der Waals surface area contributed by atoms with Gasteiger partial charge in [0, 0.05) is 5.88 Å². The van der Waals surface area contributed by atoms with E-state index in [0.717, 1.165) is 12.1 Å². The monoisotopic (exact) mass is 212 g/mol. The Balaban J connectivity index is 3.32. The van der Waals surface area contributed by atoms with Crippen LogP contribution in [0.15, 0.2) is 18.2 Å². The second-order valence-electron chi connectivity index (χ2n) is 2.41. The smallest absolute Gasteiger partial charge is 0.206 e. The number of rotatable bonds is 1. The van der Waals surface area contributed by atoms with Crippen LogP contribution in [0.4, 0.5) is 17.6 Å². The van der Waals surface area contributed by atoms with Gasteiger partial charge in [-0.3, -0.25) is 0 Å². The van der Waals surface area contributed by atoms with E-state index in [0.29, 0.717) is 0 Å². The summed E-state index contributed by atoms with van der Waals surface area (Å²) in [6, 6.07) is 3.11. The minimum Gasteiger partial charge on any atom is -0.206 e. The van der Waals surface area contributed by atoms with E-state index in [1.807, 2.05) is 0 Å². The number of alkyl halides is 4. The Morgan fingerprint density at radius 2 is 1.85 bits per heavy atom. The van der Waals surface area contributed by atoms with Crippen molar-refractivity contribution in [1.29, 1.82) is 0 Å². The van der Waals surface area contributed by atoms with Gasteiger partial charge in [0.1, 0.15) is 5.82 Å². The summed E-state index contributed by atoms with van der Waals surface area (Å²) in [5, 5.41) is 0. The van der Waals surface area contributed by atoms with Crippen molar-refractivity contribution in [3.05, 3.63) is 35.1 Å². The maximum Gasteiger partial charge on any atom is 0.419 e. The van der Waals surface area contributed by atoms with E-state index in [1.54, 1.807) is 0 Å². The van der Waals surface area contributed by atoms with Gasteiger partial charge in [0.2, 0.25) is 0 Å². The molecule has 0 amide bonds. The lowest BCUT2D eigenvalue weighted by atomic mass is 10.1. The summed E-state index contributed by atoms with van der Waals surface area (Å²) in [7, 11) is 0. The molecule has 0 saturated carbocycles. The summed E-state index contributed by atoms with van der Waals surface area (Å²) >= 11 is 5.24. The first-order chi connectivity index (χ1) is 5.96. The Hall–Kier alpha value is -0.770. The van der Waals surface area contributed by atoms with E-state index >= 15 is 0 Å². The Bertz CT molecular complexity index is 306. The van der Waals surface area contributed by atoms with Crippen molar-refractivity contribution in [3.8, 4) is 0 Å². The van der Waals surface area contributed by atoms with Crippen LogP contribution in [0.3, 0.4) is 0 Å². The minimum atomic E-state index is -4.68. The molecule has 0 bridgehead atoms. The van der Waals surface area contributed by atoms with Gasteiger partial charge >= 0.3 is 6.18 Å². The molecule has 0 aliphatic carbocycles. The molecule has 0 aliphatic heterocycles. The molecule has 0 radical (unpaired) electrons. The zero-order valence-electron chi connectivity index (χ0n) is 6.33. The molecule has 72 valence electrons. The third-order valence-electron chi connectivity index (χ3n) is 1.53. The van der Waals surface area contributed by atoms with Gasteiger partial charge in [0.05, 0.1) is 5.56 Å². The molecule has 0 N–H and O–H groups in total. The van der Waals surface area contributed by atoms with Crippen molar-refractivity contribution in [2.75, 3.05) is 0 Å². The molecule has 5 heteroatoms. The van der Waals surface area contributed by atoms with E-state index in [1.165, 1.54) is 6.07 Å². The molecular weight excluding hydrogens is 208 g/mol. The second-order valence-corrected chi connectivity index (χ2v) is 2.67. The number of halogens is 5. The highest BCUT2D eigenvalue weighted by Crippen LogP contribution is 2.34. The molecule has 0 saturated heterocycles. The SMILES string of the molecule is Fc1cccc(CCl)c1C(F)(F)F. The third kappa shape index (κ3) is 2.12. The fourth-order valence-electron chi connectivity index (χ4n) is 0.998. The lowest BCUT2D eigenvalue weighted by Crippen LogP contribution is -2.11. The van der Waals surface area contributed by atoms with Gasteiger partial charge in [0.15, 0.2) is 0 Å². The van der Waals surface area contributed by atoms with Crippen LogP contribution in [0.1, 0.15) is 11.1 Å². The van der Waals surface area contributed by atoms with Crippen LogP contribution >= 0.6 is 11.6 Å². The van der Waals surface area contributed by atoms with Crippen LogP contribution in [0.2, 0.25) is 0 Å². The molecule has 13 heavy (non-hydrogen) atoms. The maximum absolute atomic E-state index is 12.8. The van der Waals surface area contributed by atoms with E-state index in [-0.39, 0.29) is 11.4 Å². The molecule has 1 aromatic carbocycles. The van der Waals surface area contributed by atoms with Gasteiger partial charge in [-0.15, -0.1) is 11.6 Å². The van der Waals surface area contributed by atoms with Crippen molar-refractivity contribution in [1.82, 2.24) is 0 Å².